The highest BCUT2D eigenvalue weighted by atomic mass is 16.5. The third kappa shape index (κ3) is 4.01. The van der Waals surface area contributed by atoms with Crippen LogP contribution >= 0.6 is 0 Å². The smallest absolute Gasteiger partial charge is 0.271 e. The Kier molecular flexibility index (Phi) is 5.84. The molecule has 0 bridgehead atoms. The number of nitrogens with one attached hydrogen (secondary N) is 1. The summed E-state index contributed by atoms with van der Waals surface area (Å²) < 4.78 is 6.42. The highest BCUT2D eigenvalue weighted by molar-refractivity contribution is 5.92. The van der Waals surface area contributed by atoms with Crippen molar-refractivity contribution in [2.24, 2.45) is 10.8 Å². The van der Waals surface area contributed by atoms with Crippen LogP contribution in [0, 0.1) is 31.2 Å². The number of carbonyl (C=O) groups excluding carboxylic acids is 1. The largest absolute Gasteiger partial charge is 0.489 e. The van der Waals surface area contributed by atoms with E-state index in [0.717, 1.165) is 22.6 Å². The van der Waals surface area contributed by atoms with E-state index in [4.69, 9.17) is 11.3 Å². The third-order valence-corrected chi connectivity index (χ3v) is 6.44. The first kappa shape index (κ1) is 22.7. The van der Waals surface area contributed by atoms with E-state index in [0.29, 0.717) is 11.4 Å². The third-order valence-electron chi connectivity index (χ3n) is 6.44. The van der Waals surface area contributed by atoms with Gasteiger partial charge in [-0.25, -0.2) is 9.83 Å². The molecule has 1 fully saturated rings. The molecule has 0 radical (unpaired) electrons. The summed E-state index contributed by atoms with van der Waals surface area (Å²) in [6, 6.07) is 3.75. The van der Waals surface area contributed by atoms with Crippen molar-refractivity contribution < 1.29 is 9.53 Å². The van der Waals surface area contributed by atoms with E-state index < -0.39 is 0 Å². The zero-order chi connectivity index (χ0) is 23.1. The van der Waals surface area contributed by atoms with E-state index in [1.807, 2.05) is 39.8 Å². The number of aromatic nitrogens is 2. The van der Waals surface area contributed by atoms with Crippen LogP contribution in [0.15, 0.2) is 24.5 Å². The van der Waals surface area contributed by atoms with Gasteiger partial charge in [-0.15, -0.1) is 0 Å². The number of ether oxygens (including phenoxy) is 1. The van der Waals surface area contributed by atoms with Crippen molar-refractivity contribution in [3.63, 3.8) is 0 Å². The molecule has 0 unspecified atom stereocenters. The lowest BCUT2D eigenvalue weighted by atomic mass is 9.49. The summed E-state index contributed by atoms with van der Waals surface area (Å²) in [5, 5.41) is 3.16. The van der Waals surface area contributed by atoms with Gasteiger partial charge in [0.15, 0.2) is 5.69 Å². The van der Waals surface area contributed by atoms with Gasteiger partial charge in [0.25, 0.3) is 5.91 Å². The maximum Gasteiger partial charge on any atom is 0.271 e. The van der Waals surface area contributed by atoms with Gasteiger partial charge in [0.2, 0.25) is 0 Å². The molecule has 1 aromatic carbocycles. The molecule has 1 heterocycles. The second-order valence-corrected chi connectivity index (χ2v) is 10.0. The Morgan fingerprint density at radius 1 is 1.10 bits per heavy atom. The summed E-state index contributed by atoms with van der Waals surface area (Å²) in [6.45, 7) is 23.7. The Bertz CT molecular complexity index is 993. The first-order valence-corrected chi connectivity index (χ1v) is 10.7. The summed E-state index contributed by atoms with van der Waals surface area (Å²) >= 11 is 0. The van der Waals surface area contributed by atoms with Crippen LogP contribution < -0.4 is 10.1 Å². The number of benzene rings is 1. The Labute approximate surface area is 185 Å². The summed E-state index contributed by atoms with van der Waals surface area (Å²) in [4.78, 5) is 25.1. The zero-order valence-corrected chi connectivity index (χ0v) is 19.7. The Morgan fingerprint density at radius 2 is 1.68 bits per heavy atom. The molecule has 0 spiro atoms. The Hall–Kier alpha value is -2.94. The zero-order valence-electron chi connectivity index (χ0n) is 19.7. The lowest BCUT2D eigenvalue weighted by Crippen LogP contribution is -2.74. The van der Waals surface area contributed by atoms with Gasteiger partial charge in [-0.2, -0.15) is 0 Å². The summed E-state index contributed by atoms with van der Waals surface area (Å²) in [7, 11) is 0. The maximum atomic E-state index is 12.8. The molecule has 6 heteroatoms. The van der Waals surface area contributed by atoms with Crippen molar-refractivity contribution in [1.29, 1.82) is 0 Å². The lowest BCUT2D eigenvalue weighted by molar-refractivity contribution is -0.164. The fourth-order valence-electron chi connectivity index (χ4n) is 5.05. The quantitative estimate of drug-likeness (QED) is 0.660. The molecule has 1 aliphatic carbocycles. The summed E-state index contributed by atoms with van der Waals surface area (Å²) in [6.07, 6.45) is 3.11. The highest BCUT2D eigenvalue weighted by Crippen LogP contribution is 2.55. The van der Waals surface area contributed by atoms with Gasteiger partial charge in [0.05, 0.1) is 18.5 Å². The van der Waals surface area contributed by atoms with Gasteiger partial charge < -0.3 is 10.1 Å². The van der Waals surface area contributed by atoms with Gasteiger partial charge in [0.1, 0.15) is 17.5 Å². The van der Waals surface area contributed by atoms with Gasteiger partial charge in [-0.1, -0.05) is 41.5 Å². The lowest BCUT2D eigenvalue weighted by Gasteiger charge is -2.63. The number of amides is 1. The Morgan fingerprint density at radius 3 is 2.13 bits per heavy atom. The second-order valence-electron chi connectivity index (χ2n) is 10.0. The van der Waals surface area contributed by atoms with Gasteiger partial charge in [0, 0.05) is 23.1 Å². The van der Waals surface area contributed by atoms with E-state index in [1.165, 1.54) is 0 Å². The minimum absolute atomic E-state index is 0.0891. The number of carbonyl (C=O) groups is 1. The van der Waals surface area contributed by atoms with Gasteiger partial charge >= 0.3 is 0 Å². The van der Waals surface area contributed by atoms with Crippen LogP contribution in [0.2, 0.25) is 0 Å². The SMILES string of the molecule is [C-]#[N+]c1c(C)cc(OC2C(C)(C)C(NC(=O)c3cnc(C(C)C)cn3)C2(C)C)cc1C. The molecule has 3 rings (SSSR count). The molecule has 0 atom stereocenters. The molecule has 1 aromatic heterocycles. The van der Waals surface area contributed by atoms with Crippen LogP contribution in [0.4, 0.5) is 5.69 Å². The average Bonchev–Trinajstić information content (AvgIpc) is 2.69. The van der Waals surface area contributed by atoms with Crippen molar-refractivity contribution in [2.45, 2.75) is 73.5 Å². The van der Waals surface area contributed by atoms with Gasteiger partial charge in [-0.3, -0.25) is 9.78 Å². The predicted octanol–water partition coefficient (Wildman–Crippen LogP) is 5.38. The topological polar surface area (TPSA) is 68.5 Å². The highest BCUT2D eigenvalue weighted by Gasteiger charge is 2.64. The monoisotopic (exact) mass is 420 g/mol. The number of hydrogen-bond donors (Lipinski definition) is 1. The number of nitrogens with zero attached hydrogens (tertiary/aromatic N) is 3. The minimum Gasteiger partial charge on any atom is -0.489 e. The van der Waals surface area contributed by atoms with Crippen molar-refractivity contribution in [3.8, 4) is 5.75 Å². The number of aryl methyl sites for hydroxylation is 2. The molecule has 1 saturated carbocycles. The van der Waals surface area contributed by atoms with Crippen molar-refractivity contribution >= 4 is 11.6 Å². The van der Waals surface area contributed by atoms with Crippen LogP contribution in [-0.2, 0) is 0 Å². The first-order chi connectivity index (χ1) is 14.4. The van der Waals surface area contributed by atoms with Crippen LogP contribution in [0.25, 0.3) is 4.85 Å². The van der Waals surface area contributed by atoms with Crippen molar-refractivity contribution in [1.82, 2.24) is 15.3 Å². The molecule has 1 amide bonds. The standard InChI is InChI=1S/C25H32N4O2/c1-14(2)18-12-28-19(13-27-18)21(30)29-22-24(5,6)23(25(22,7)8)31-17-10-15(3)20(26-9)16(4)11-17/h10-14,22-23H,1-8H3,(H,29,30). The average molecular weight is 421 g/mol. The predicted molar refractivity (Wildman–Crippen MR) is 122 cm³/mol. The van der Waals surface area contributed by atoms with E-state index in [9.17, 15) is 4.79 Å². The fourth-order valence-corrected chi connectivity index (χ4v) is 5.05. The second kappa shape index (κ2) is 7.96. The fraction of sp³-hybridized carbons (Fsp3) is 0.520. The van der Waals surface area contributed by atoms with Crippen molar-refractivity contribution in [2.75, 3.05) is 0 Å². The van der Waals surface area contributed by atoms with E-state index in [2.05, 4.69) is 47.8 Å². The van der Waals surface area contributed by atoms with Crippen LogP contribution in [0.3, 0.4) is 0 Å². The van der Waals surface area contributed by atoms with E-state index >= 15 is 0 Å². The summed E-state index contributed by atoms with van der Waals surface area (Å²) in [5.41, 5.74) is 3.11. The molecule has 2 aromatic rings. The molecule has 0 saturated heterocycles. The normalized spacial score (nSPS) is 21.2. The van der Waals surface area contributed by atoms with Gasteiger partial charge in [-0.05, 0) is 43.0 Å². The van der Waals surface area contributed by atoms with E-state index in [1.54, 1.807) is 12.4 Å². The first-order valence-electron chi connectivity index (χ1n) is 10.7. The molecule has 1 aliphatic rings. The molecular formula is C25H32N4O2. The molecule has 0 aliphatic heterocycles. The van der Waals surface area contributed by atoms with Crippen LogP contribution in [-0.4, -0.2) is 28.0 Å². The molecular weight excluding hydrogens is 388 g/mol. The molecule has 164 valence electrons. The number of hydrogen-bond acceptors (Lipinski definition) is 4. The maximum absolute atomic E-state index is 12.8. The van der Waals surface area contributed by atoms with Crippen LogP contribution in [0.5, 0.6) is 5.75 Å². The number of rotatable bonds is 5. The van der Waals surface area contributed by atoms with Crippen LogP contribution in [0.1, 0.15) is 74.8 Å². The summed E-state index contributed by atoms with van der Waals surface area (Å²) in [5.74, 6) is 0.803. The minimum atomic E-state index is -0.287. The Balaban J connectivity index is 1.77. The molecule has 1 N–H and O–H groups in total. The molecule has 31 heavy (non-hydrogen) atoms. The van der Waals surface area contributed by atoms with E-state index in [-0.39, 0.29) is 34.8 Å². The molecule has 6 nitrogen and oxygen atoms in total. The van der Waals surface area contributed by atoms with Crippen molar-refractivity contribution in [3.05, 3.63) is 58.5 Å².